The predicted octanol–water partition coefficient (Wildman–Crippen LogP) is 4.38. The summed E-state index contributed by atoms with van der Waals surface area (Å²) >= 11 is 2.87. The number of fused-ring (bicyclic) bond motifs is 1. The Hall–Kier alpha value is -1.73. The van der Waals surface area contributed by atoms with Gasteiger partial charge in [-0.05, 0) is 51.5 Å². The molecule has 1 aliphatic carbocycles. The summed E-state index contributed by atoms with van der Waals surface area (Å²) in [6.45, 7) is 8.03. The number of nitrogens with one attached hydrogen (secondary N) is 1. The molecule has 0 aromatic carbocycles. The van der Waals surface area contributed by atoms with Gasteiger partial charge in [-0.25, -0.2) is 9.78 Å². The van der Waals surface area contributed by atoms with Crippen LogP contribution in [0.3, 0.4) is 0 Å². The molecule has 0 spiro atoms. The standard InChI is InChI=1S/C18H22N2O3S2/c1-5-23-18(22)14-12-7-6-9(2)8-13(12)25-17(14)20-16(21)15-10(3)19-11(4)24-15/h9H,5-8H2,1-4H3,(H,20,21)/t9-/m0/s1. The van der Waals surface area contributed by atoms with Crippen LogP contribution >= 0.6 is 22.7 Å². The van der Waals surface area contributed by atoms with Crippen LogP contribution in [-0.4, -0.2) is 23.5 Å². The molecule has 2 aromatic heterocycles. The number of carbonyl (C=O) groups is 2. The predicted molar refractivity (Wildman–Crippen MR) is 101 cm³/mol. The van der Waals surface area contributed by atoms with Crippen LogP contribution in [0.4, 0.5) is 5.00 Å². The van der Waals surface area contributed by atoms with Gasteiger partial charge in [-0.3, -0.25) is 4.79 Å². The molecule has 1 atom stereocenters. The number of nitrogens with zero attached hydrogens (tertiary/aromatic N) is 1. The Morgan fingerprint density at radius 1 is 1.32 bits per heavy atom. The number of hydrogen-bond acceptors (Lipinski definition) is 6. The van der Waals surface area contributed by atoms with Crippen LogP contribution in [-0.2, 0) is 17.6 Å². The van der Waals surface area contributed by atoms with Crippen molar-refractivity contribution in [3.63, 3.8) is 0 Å². The van der Waals surface area contributed by atoms with E-state index in [1.54, 1.807) is 6.92 Å². The molecule has 1 amide bonds. The molecule has 0 radical (unpaired) electrons. The van der Waals surface area contributed by atoms with E-state index in [0.717, 1.165) is 29.8 Å². The SMILES string of the molecule is CCOC(=O)c1c(NC(=O)c2sc(C)nc2C)sc2c1CC[C@H](C)C2. The first-order valence-corrected chi connectivity index (χ1v) is 10.1. The van der Waals surface area contributed by atoms with Gasteiger partial charge in [0.1, 0.15) is 9.88 Å². The number of hydrogen-bond donors (Lipinski definition) is 1. The summed E-state index contributed by atoms with van der Waals surface area (Å²) in [6.07, 6.45) is 2.85. The lowest BCUT2D eigenvalue weighted by Gasteiger charge is -2.18. The Balaban J connectivity index is 1.96. The summed E-state index contributed by atoms with van der Waals surface area (Å²) in [5, 5.41) is 4.40. The van der Waals surface area contributed by atoms with Gasteiger partial charge in [-0.15, -0.1) is 22.7 Å². The number of aromatic nitrogens is 1. The minimum Gasteiger partial charge on any atom is -0.462 e. The molecule has 2 heterocycles. The van der Waals surface area contributed by atoms with Crippen LogP contribution in [0.15, 0.2) is 0 Å². The van der Waals surface area contributed by atoms with Gasteiger partial charge in [0.25, 0.3) is 5.91 Å². The van der Waals surface area contributed by atoms with Gasteiger partial charge in [0, 0.05) is 4.88 Å². The van der Waals surface area contributed by atoms with Gasteiger partial charge in [0.2, 0.25) is 0 Å². The van der Waals surface area contributed by atoms with Gasteiger partial charge in [-0.1, -0.05) is 6.92 Å². The third kappa shape index (κ3) is 3.62. The van der Waals surface area contributed by atoms with Crippen molar-refractivity contribution < 1.29 is 14.3 Å². The van der Waals surface area contributed by atoms with Crippen molar-refractivity contribution in [3.8, 4) is 0 Å². The van der Waals surface area contributed by atoms with Gasteiger partial charge < -0.3 is 10.1 Å². The zero-order valence-electron chi connectivity index (χ0n) is 14.9. The van der Waals surface area contributed by atoms with Crippen LogP contribution in [0.2, 0.25) is 0 Å². The van der Waals surface area contributed by atoms with Gasteiger partial charge >= 0.3 is 5.97 Å². The zero-order chi connectivity index (χ0) is 18.1. The summed E-state index contributed by atoms with van der Waals surface area (Å²) in [4.78, 5) is 31.2. The fourth-order valence-corrected chi connectivity index (χ4v) is 5.37. The van der Waals surface area contributed by atoms with Crippen molar-refractivity contribution in [1.29, 1.82) is 0 Å². The van der Waals surface area contributed by atoms with E-state index in [1.807, 2.05) is 13.8 Å². The third-order valence-electron chi connectivity index (χ3n) is 4.33. The minimum atomic E-state index is -0.345. The Bertz CT molecular complexity index is 823. The number of carbonyl (C=O) groups excluding carboxylic acids is 2. The molecule has 1 N–H and O–H groups in total. The summed E-state index contributed by atoms with van der Waals surface area (Å²) in [5.41, 5.74) is 2.31. The molecule has 3 rings (SSSR count). The molecule has 0 bridgehead atoms. The number of rotatable bonds is 4. The highest BCUT2D eigenvalue weighted by Crippen LogP contribution is 2.40. The van der Waals surface area contributed by atoms with Gasteiger partial charge in [0.15, 0.2) is 0 Å². The number of anilines is 1. The lowest BCUT2D eigenvalue weighted by Crippen LogP contribution is -2.16. The molecule has 0 saturated carbocycles. The molecule has 2 aromatic rings. The maximum absolute atomic E-state index is 12.7. The summed E-state index contributed by atoms with van der Waals surface area (Å²) in [6, 6.07) is 0. The van der Waals surface area contributed by atoms with Crippen LogP contribution in [0.5, 0.6) is 0 Å². The highest BCUT2D eigenvalue weighted by Gasteiger charge is 2.29. The minimum absolute atomic E-state index is 0.208. The van der Waals surface area contributed by atoms with E-state index >= 15 is 0 Å². The second-order valence-electron chi connectivity index (χ2n) is 6.38. The quantitative estimate of drug-likeness (QED) is 0.802. The van der Waals surface area contributed by atoms with Crippen LogP contribution in [0, 0.1) is 19.8 Å². The molecule has 25 heavy (non-hydrogen) atoms. The van der Waals surface area contributed by atoms with Crippen molar-refractivity contribution in [3.05, 3.63) is 31.6 Å². The smallest absolute Gasteiger partial charge is 0.341 e. The number of aryl methyl sites for hydroxylation is 2. The molecule has 1 aliphatic rings. The highest BCUT2D eigenvalue weighted by atomic mass is 32.1. The molecular formula is C18H22N2O3S2. The average molecular weight is 379 g/mol. The average Bonchev–Trinajstić information content (AvgIpc) is 3.06. The van der Waals surface area contributed by atoms with Crippen molar-refractivity contribution >= 4 is 39.6 Å². The Labute approximate surface area is 155 Å². The molecule has 0 fully saturated rings. The Morgan fingerprint density at radius 2 is 2.08 bits per heavy atom. The number of ether oxygens (including phenoxy) is 1. The topological polar surface area (TPSA) is 68.3 Å². The van der Waals surface area contributed by atoms with Crippen molar-refractivity contribution in [2.45, 2.75) is 47.0 Å². The second-order valence-corrected chi connectivity index (χ2v) is 8.69. The summed E-state index contributed by atoms with van der Waals surface area (Å²) in [5.74, 6) is 0.0403. The van der Waals surface area contributed by atoms with Crippen molar-refractivity contribution in [2.75, 3.05) is 11.9 Å². The maximum atomic E-state index is 12.7. The lowest BCUT2D eigenvalue weighted by atomic mass is 9.88. The lowest BCUT2D eigenvalue weighted by molar-refractivity contribution is 0.0526. The Morgan fingerprint density at radius 3 is 2.72 bits per heavy atom. The van der Waals surface area contributed by atoms with Crippen molar-refractivity contribution in [2.24, 2.45) is 5.92 Å². The first kappa shape index (κ1) is 18.1. The number of amides is 1. The van der Waals surface area contributed by atoms with Crippen molar-refractivity contribution in [1.82, 2.24) is 4.98 Å². The normalized spacial score (nSPS) is 16.4. The van der Waals surface area contributed by atoms with Crippen LogP contribution in [0.1, 0.15) is 61.4 Å². The van der Waals surface area contributed by atoms with E-state index in [9.17, 15) is 9.59 Å². The first-order valence-electron chi connectivity index (χ1n) is 8.47. The molecular weight excluding hydrogens is 356 g/mol. The fourth-order valence-electron chi connectivity index (χ4n) is 3.16. The van der Waals surface area contributed by atoms with E-state index in [1.165, 1.54) is 27.6 Å². The molecule has 0 unspecified atom stereocenters. The van der Waals surface area contributed by atoms with E-state index < -0.39 is 0 Å². The monoisotopic (exact) mass is 378 g/mol. The molecule has 0 saturated heterocycles. The zero-order valence-corrected chi connectivity index (χ0v) is 16.5. The molecule has 0 aliphatic heterocycles. The number of esters is 1. The fraction of sp³-hybridized carbons (Fsp3) is 0.500. The molecule has 7 heteroatoms. The van der Waals surface area contributed by atoms with E-state index in [0.29, 0.717) is 33.7 Å². The van der Waals surface area contributed by atoms with E-state index in [4.69, 9.17) is 4.74 Å². The highest BCUT2D eigenvalue weighted by molar-refractivity contribution is 7.17. The summed E-state index contributed by atoms with van der Waals surface area (Å²) in [7, 11) is 0. The van der Waals surface area contributed by atoms with Crippen LogP contribution in [0.25, 0.3) is 0 Å². The largest absolute Gasteiger partial charge is 0.462 e. The number of thiazole rings is 1. The first-order chi connectivity index (χ1) is 11.9. The maximum Gasteiger partial charge on any atom is 0.341 e. The molecule has 5 nitrogen and oxygen atoms in total. The second kappa shape index (κ2) is 7.25. The third-order valence-corrected chi connectivity index (χ3v) is 6.57. The van der Waals surface area contributed by atoms with Gasteiger partial charge in [-0.2, -0.15) is 0 Å². The van der Waals surface area contributed by atoms with Gasteiger partial charge in [0.05, 0.1) is 22.9 Å². The molecule has 134 valence electrons. The van der Waals surface area contributed by atoms with Crippen LogP contribution < -0.4 is 5.32 Å². The number of thiophene rings is 1. The van der Waals surface area contributed by atoms with E-state index in [-0.39, 0.29) is 11.9 Å². The summed E-state index contributed by atoms with van der Waals surface area (Å²) < 4.78 is 5.24. The Kier molecular flexibility index (Phi) is 5.24. The van der Waals surface area contributed by atoms with E-state index in [2.05, 4.69) is 17.2 Å².